The van der Waals surface area contributed by atoms with Crippen molar-refractivity contribution >= 4 is 21.6 Å². The second-order valence-corrected chi connectivity index (χ2v) is 6.02. The predicted octanol–water partition coefficient (Wildman–Crippen LogP) is 5.11. The largest absolute Gasteiger partial charge is 0.372 e. The molecular formula is C17H18BrN. The molecular weight excluding hydrogens is 298 g/mol. The van der Waals surface area contributed by atoms with E-state index in [4.69, 9.17) is 0 Å². The highest BCUT2D eigenvalue weighted by Crippen LogP contribution is 2.26. The van der Waals surface area contributed by atoms with E-state index in [1.165, 1.54) is 49.2 Å². The minimum atomic E-state index is 1.13. The molecule has 0 N–H and O–H groups in total. The summed E-state index contributed by atoms with van der Waals surface area (Å²) in [6.45, 7) is 2.41. The summed E-state index contributed by atoms with van der Waals surface area (Å²) in [4.78, 5) is 2.49. The molecule has 3 rings (SSSR count). The Hall–Kier alpha value is -1.28. The van der Waals surface area contributed by atoms with Gasteiger partial charge in [-0.05, 0) is 54.7 Å². The van der Waals surface area contributed by atoms with Crippen LogP contribution >= 0.6 is 15.9 Å². The molecule has 2 aromatic rings. The molecule has 0 bridgehead atoms. The number of rotatable bonds is 2. The van der Waals surface area contributed by atoms with Crippen molar-refractivity contribution in [3.8, 4) is 11.1 Å². The second-order valence-electron chi connectivity index (χ2n) is 5.10. The minimum Gasteiger partial charge on any atom is -0.372 e. The third-order valence-corrected chi connectivity index (χ3v) is 4.29. The molecule has 0 saturated carbocycles. The number of benzene rings is 2. The molecule has 98 valence electrons. The van der Waals surface area contributed by atoms with Gasteiger partial charge in [-0.1, -0.05) is 40.2 Å². The third kappa shape index (κ3) is 3.01. The highest BCUT2D eigenvalue weighted by Gasteiger charge is 2.10. The maximum absolute atomic E-state index is 3.48. The molecule has 0 unspecified atom stereocenters. The molecule has 0 atom stereocenters. The highest BCUT2D eigenvalue weighted by molar-refractivity contribution is 9.10. The van der Waals surface area contributed by atoms with E-state index < -0.39 is 0 Å². The van der Waals surface area contributed by atoms with Gasteiger partial charge in [0.15, 0.2) is 0 Å². The smallest absolute Gasteiger partial charge is 0.0366 e. The molecule has 1 saturated heterocycles. The summed E-state index contributed by atoms with van der Waals surface area (Å²) >= 11 is 3.48. The lowest BCUT2D eigenvalue weighted by molar-refractivity contribution is 0.578. The van der Waals surface area contributed by atoms with E-state index in [0.29, 0.717) is 0 Å². The van der Waals surface area contributed by atoms with Gasteiger partial charge in [0, 0.05) is 23.2 Å². The summed E-state index contributed by atoms with van der Waals surface area (Å²) in [5, 5.41) is 0. The number of hydrogen-bond donors (Lipinski definition) is 0. The van der Waals surface area contributed by atoms with Gasteiger partial charge in [-0.2, -0.15) is 0 Å². The maximum Gasteiger partial charge on any atom is 0.0366 e. The first-order valence-electron chi connectivity index (χ1n) is 6.94. The molecule has 1 nitrogen and oxygen atoms in total. The van der Waals surface area contributed by atoms with E-state index in [0.717, 1.165) is 4.47 Å². The van der Waals surface area contributed by atoms with Gasteiger partial charge >= 0.3 is 0 Å². The Morgan fingerprint density at radius 1 is 0.684 bits per heavy atom. The van der Waals surface area contributed by atoms with E-state index in [-0.39, 0.29) is 0 Å². The molecule has 1 aliphatic heterocycles. The molecule has 0 radical (unpaired) electrons. The van der Waals surface area contributed by atoms with Crippen LogP contribution in [0.15, 0.2) is 53.0 Å². The van der Waals surface area contributed by atoms with E-state index in [9.17, 15) is 0 Å². The number of nitrogens with zero attached hydrogens (tertiary/aromatic N) is 1. The zero-order chi connectivity index (χ0) is 13.1. The fourth-order valence-electron chi connectivity index (χ4n) is 2.66. The quantitative estimate of drug-likeness (QED) is 0.744. The van der Waals surface area contributed by atoms with Gasteiger partial charge in [-0.25, -0.2) is 0 Å². The Morgan fingerprint density at radius 2 is 1.21 bits per heavy atom. The van der Waals surface area contributed by atoms with Crippen LogP contribution in [-0.2, 0) is 0 Å². The summed E-state index contributed by atoms with van der Waals surface area (Å²) in [5.74, 6) is 0. The lowest BCUT2D eigenvalue weighted by Crippen LogP contribution is -2.29. The van der Waals surface area contributed by atoms with Gasteiger partial charge in [-0.3, -0.25) is 0 Å². The summed E-state index contributed by atoms with van der Waals surface area (Å²) in [6, 6.07) is 17.5. The van der Waals surface area contributed by atoms with Gasteiger partial charge in [0.1, 0.15) is 0 Å². The van der Waals surface area contributed by atoms with E-state index in [2.05, 4.69) is 69.4 Å². The topological polar surface area (TPSA) is 3.24 Å². The Bertz CT molecular complexity index is 524. The maximum atomic E-state index is 3.48. The minimum absolute atomic E-state index is 1.13. The normalized spacial score (nSPS) is 15.5. The van der Waals surface area contributed by atoms with Crippen LogP contribution in [0.3, 0.4) is 0 Å². The average Bonchev–Trinajstić information content (AvgIpc) is 2.49. The standard InChI is InChI=1S/C17H18BrN/c18-16-8-4-14(5-9-16)15-6-10-17(11-7-15)19-12-2-1-3-13-19/h4-11H,1-3,12-13H2. The van der Waals surface area contributed by atoms with Crippen molar-refractivity contribution in [1.29, 1.82) is 0 Å². The van der Waals surface area contributed by atoms with Crippen molar-refractivity contribution in [3.05, 3.63) is 53.0 Å². The van der Waals surface area contributed by atoms with Gasteiger partial charge in [0.25, 0.3) is 0 Å². The molecule has 0 aliphatic carbocycles. The van der Waals surface area contributed by atoms with Crippen LogP contribution in [0.1, 0.15) is 19.3 Å². The number of halogens is 1. The van der Waals surface area contributed by atoms with Crippen LogP contribution in [0.25, 0.3) is 11.1 Å². The number of anilines is 1. The van der Waals surface area contributed by atoms with Crippen molar-refractivity contribution in [2.24, 2.45) is 0 Å². The molecule has 2 heteroatoms. The van der Waals surface area contributed by atoms with Crippen LogP contribution in [0.5, 0.6) is 0 Å². The van der Waals surface area contributed by atoms with Crippen LogP contribution in [0, 0.1) is 0 Å². The fourth-order valence-corrected chi connectivity index (χ4v) is 2.92. The second kappa shape index (κ2) is 5.79. The summed E-state index contributed by atoms with van der Waals surface area (Å²) in [6.07, 6.45) is 4.04. The summed E-state index contributed by atoms with van der Waals surface area (Å²) < 4.78 is 1.13. The predicted molar refractivity (Wildman–Crippen MR) is 85.6 cm³/mol. The van der Waals surface area contributed by atoms with Crippen molar-refractivity contribution < 1.29 is 0 Å². The van der Waals surface area contributed by atoms with Gasteiger partial charge in [0.05, 0.1) is 0 Å². The third-order valence-electron chi connectivity index (χ3n) is 3.77. The zero-order valence-corrected chi connectivity index (χ0v) is 12.6. The van der Waals surface area contributed by atoms with E-state index in [1.807, 2.05) is 0 Å². The lowest BCUT2D eigenvalue weighted by Gasteiger charge is -2.28. The van der Waals surface area contributed by atoms with Crippen LogP contribution in [0.2, 0.25) is 0 Å². The first kappa shape index (κ1) is 12.7. The van der Waals surface area contributed by atoms with Crippen molar-refractivity contribution in [3.63, 3.8) is 0 Å². The zero-order valence-electron chi connectivity index (χ0n) is 11.0. The molecule has 1 fully saturated rings. The molecule has 0 amide bonds. The number of piperidine rings is 1. The molecule has 0 spiro atoms. The molecule has 2 aromatic carbocycles. The van der Waals surface area contributed by atoms with Gasteiger partial charge < -0.3 is 4.90 Å². The van der Waals surface area contributed by atoms with Gasteiger partial charge in [0.2, 0.25) is 0 Å². The van der Waals surface area contributed by atoms with E-state index >= 15 is 0 Å². The molecule has 1 heterocycles. The van der Waals surface area contributed by atoms with Crippen LogP contribution < -0.4 is 4.90 Å². The van der Waals surface area contributed by atoms with E-state index in [1.54, 1.807) is 0 Å². The first-order chi connectivity index (χ1) is 9.33. The van der Waals surface area contributed by atoms with Crippen LogP contribution in [0.4, 0.5) is 5.69 Å². The average molecular weight is 316 g/mol. The molecule has 1 aliphatic rings. The molecule has 0 aromatic heterocycles. The van der Waals surface area contributed by atoms with Crippen molar-refractivity contribution in [2.75, 3.05) is 18.0 Å². The SMILES string of the molecule is Brc1ccc(-c2ccc(N3CCCCC3)cc2)cc1. The van der Waals surface area contributed by atoms with Crippen LogP contribution in [-0.4, -0.2) is 13.1 Å². The monoisotopic (exact) mass is 315 g/mol. The fraction of sp³-hybridized carbons (Fsp3) is 0.294. The Kier molecular flexibility index (Phi) is 3.88. The molecule has 19 heavy (non-hydrogen) atoms. The first-order valence-corrected chi connectivity index (χ1v) is 7.73. The Morgan fingerprint density at radius 3 is 1.79 bits per heavy atom. The highest BCUT2D eigenvalue weighted by atomic mass is 79.9. The Balaban J connectivity index is 1.80. The Labute approximate surface area is 123 Å². The number of hydrogen-bond acceptors (Lipinski definition) is 1. The summed E-state index contributed by atoms with van der Waals surface area (Å²) in [5.41, 5.74) is 3.92. The van der Waals surface area contributed by atoms with Crippen molar-refractivity contribution in [1.82, 2.24) is 0 Å². The summed E-state index contributed by atoms with van der Waals surface area (Å²) in [7, 11) is 0. The van der Waals surface area contributed by atoms with Crippen molar-refractivity contribution in [2.45, 2.75) is 19.3 Å². The lowest BCUT2D eigenvalue weighted by atomic mass is 10.0. The van der Waals surface area contributed by atoms with Gasteiger partial charge in [-0.15, -0.1) is 0 Å².